The molecule has 0 bridgehead atoms. The molecule has 1 fully saturated rings. The van der Waals surface area contributed by atoms with E-state index in [2.05, 4.69) is 10.1 Å². The van der Waals surface area contributed by atoms with Crippen molar-refractivity contribution in [3.8, 4) is 0 Å². The highest BCUT2D eigenvalue weighted by atomic mass is 35.5. The van der Waals surface area contributed by atoms with Gasteiger partial charge < -0.3 is 20.9 Å². The molecule has 0 saturated carbocycles. The van der Waals surface area contributed by atoms with Crippen LogP contribution in [-0.2, 0) is 0 Å². The fourth-order valence-electron chi connectivity index (χ4n) is 2.60. The van der Waals surface area contributed by atoms with Gasteiger partial charge in [-0.1, -0.05) is 16.8 Å². The summed E-state index contributed by atoms with van der Waals surface area (Å²) < 4.78 is 0. The highest BCUT2D eigenvalue weighted by molar-refractivity contribution is 6.33. The van der Waals surface area contributed by atoms with Crippen LogP contribution in [0, 0.1) is 5.92 Å². The molecule has 0 amide bonds. The van der Waals surface area contributed by atoms with Crippen LogP contribution in [-0.4, -0.2) is 35.3 Å². The van der Waals surface area contributed by atoms with Gasteiger partial charge >= 0.3 is 0 Å². The molecular formula is C14H20ClN3O2. The molecule has 20 heavy (non-hydrogen) atoms. The summed E-state index contributed by atoms with van der Waals surface area (Å²) in [6.45, 7) is 3.59. The van der Waals surface area contributed by atoms with Crippen LogP contribution in [0.2, 0.25) is 5.02 Å². The first-order chi connectivity index (χ1) is 9.52. The minimum Gasteiger partial charge on any atom is -0.409 e. The first-order valence-corrected chi connectivity index (χ1v) is 7.11. The summed E-state index contributed by atoms with van der Waals surface area (Å²) in [5.74, 6) is 0.410. The highest BCUT2D eigenvalue weighted by Gasteiger charge is 2.23. The van der Waals surface area contributed by atoms with E-state index in [9.17, 15) is 5.11 Å². The number of amidine groups is 1. The number of anilines is 1. The van der Waals surface area contributed by atoms with E-state index in [1.54, 1.807) is 12.1 Å². The number of aliphatic hydroxyl groups excluding tert-OH is 1. The molecule has 0 aromatic heterocycles. The summed E-state index contributed by atoms with van der Waals surface area (Å²) in [5.41, 5.74) is 7.09. The fourth-order valence-corrected chi connectivity index (χ4v) is 2.90. The summed E-state index contributed by atoms with van der Waals surface area (Å²) in [5, 5.41) is 21.8. The Morgan fingerprint density at radius 2 is 2.10 bits per heavy atom. The third-order valence-corrected chi connectivity index (χ3v) is 4.22. The van der Waals surface area contributed by atoms with Crippen LogP contribution in [0.5, 0.6) is 0 Å². The van der Waals surface area contributed by atoms with Gasteiger partial charge in [-0.2, -0.15) is 0 Å². The van der Waals surface area contributed by atoms with Crippen molar-refractivity contribution in [2.75, 3.05) is 18.0 Å². The van der Waals surface area contributed by atoms with Gasteiger partial charge in [0.15, 0.2) is 5.84 Å². The number of aliphatic hydroxyl groups is 1. The van der Waals surface area contributed by atoms with Crippen molar-refractivity contribution < 1.29 is 10.3 Å². The summed E-state index contributed by atoms with van der Waals surface area (Å²) in [7, 11) is 0. The zero-order chi connectivity index (χ0) is 14.7. The number of hydrogen-bond acceptors (Lipinski definition) is 4. The predicted octanol–water partition coefficient (Wildman–Crippen LogP) is 2.03. The van der Waals surface area contributed by atoms with Crippen LogP contribution in [0.25, 0.3) is 0 Å². The topological polar surface area (TPSA) is 82.1 Å². The molecular weight excluding hydrogens is 278 g/mol. The van der Waals surface area contributed by atoms with Gasteiger partial charge in [-0.3, -0.25) is 0 Å². The molecule has 110 valence electrons. The molecule has 1 unspecified atom stereocenters. The molecule has 0 aliphatic carbocycles. The lowest BCUT2D eigenvalue weighted by atomic mass is 9.92. The predicted molar refractivity (Wildman–Crippen MR) is 80.6 cm³/mol. The van der Waals surface area contributed by atoms with E-state index in [-0.39, 0.29) is 11.9 Å². The Labute approximate surface area is 123 Å². The number of rotatable bonds is 3. The summed E-state index contributed by atoms with van der Waals surface area (Å²) >= 11 is 6.28. The zero-order valence-corrected chi connectivity index (χ0v) is 12.2. The van der Waals surface area contributed by atoms with Crippen LogP contribution in [0.4, 0.5) is 5.69 Å². The maximum absolute atomic E-state index is 9.62. The minimum absolute atomic E-state index is 0.0475. The molecule has 0 radical (unpaired) electrons. The van der Waals surface area contributed by atoms with Crippen molar-refractivity contribution in [1.82, 2.24) is 0 Å². The van der Waals surface area contributed by atoms with Crippen molar-refractivity contribution in [2.24, 2.45) is 16.8 Å². The molecule has 1 aromatic rings. The number of hydrogen-bond donors (Lipinski definition) is 3. The maximum Gasteiger partial charge on any atom is 0.170 e. The maximum atomic E-state index is 9.62. The van der Waals surface area contributed by atoms with Crippen molar-refractivity contribution >= 4 is 23.1 Å². The van der Waals surface area contributed by atoms with Gasteiger partial charge in [0, 0.05) is 18.7 Å². The van der Waals surface area contributed by atoms with Crippen LogP contribution in [0.1, 0.15) is 25.3 Å². The fraction of sp³-hybridized carbons (Fsp3) is 0.500. The molecule has 5 nitrogen and oxygen atoms in total. The lowest BCUT2D eigenvalue weighted by molar-refractivity contribution is 0.110. The Kier molecular flexibility index (Phi) is 4.73. The summed E-state index contributed by atoms with van der Waals surface area (Å²) in [4.78, 5) is 2.21. The van der Waals surface area contributed by atoms with E-state index >= 15 is 0 Å². The highest BCUT2D eigenvalue weighted by Crippen LogP contribution is 2.31. The Bertz CT molecular complexity index is 497. The molecule has 0 spiro atoms. The largest absolute Gasteiger partial charge is 0.409 e. The van der Waals surface area contributed by atoms with Crippen molar-refractivity contribution in [3.63, 3.8) is 0 Å². The number of oxime groups is 1. The lowest BCUT2D eigenvalue weighted by Crippen LogP contribution is -2.37. The lowest BCUT2D eigenvalue weighted by Gasteiger charge is -2.35. The number of nitrogens with two attached hydrogens (primary N) is 1. The SMILES string of the molecule is CC(O)C1CCN(c2ccc(/C(N)=N/O)cc2Cl)CC1. The molecule has 6 heteroatoms. The summed E-state index contributed by atoms with van der Waals surface area (Å²) in [6, 6.07) is 5.38. The van der Waals surface area contributed by atoms with Crippen LogP contribution < -0.4 is 10.6 Å². The Balaban J connectivity index is 2.11. The first kappa shape index (κ1) is 14.9. The molecule has 2 rings (SSSR count). The molecule has 1 atom stereocenters. The van der Waals surface area contributed by atoms with Crippen molar-refractivity contribution in [1.29, 1.82) is 0 Å². The minimum atomic E-state index is -0.254. The number of halogens is 1. The molecule has 4 N–H and O–H groups in total. The van der Waals surface area contributed by atoms with E-state index in [0.29, 0.717) is 16.5 Å². The quantitative estimate of drug-likeness (QED) is 0.345. The zero-order valence-electron chi connectivity index (χ0n) is 11.5. The van der Waals surface area contributed by atoms with Crippen LogP contribution in [0.3, 0.4) is 0 Å². The van der Waals surface area contributed by atoms with E-state index in [1.807, 2.05) is 13.0 Å². The van der Waals surface area contributed by atoms with Crippen molar-refractivity contribution in [2.45, 2.75) is 25.9 Å². The molecule has 1 aliphatic rings. The molecule has 1 heterocycles. The van der Waals surface area contributed by atoms with Gasteiger partial charge in [0.2, 0.25) is 0 Å². The second-order valence-electron chi connectivity index (χ2n) is 5.22. The number of benzene rings is 1. The molecule has 1 aliphatic heterocycles. The third-order valence-electron chi connectivity index (χ3n) is 3.91. The van der Waals surface area contributed by atoms with Gasteiger partial charge in [-0.15, -0.1) is 0 Å². The molecule has 1 saturated heterocycles. The van der Waals surface area contributed by atoms with Crippen LogP contribution in [0.15, 0.2) is 23.4 Å². The van der Waals surface area contributed by atoms with Crippen LogP contribution >= 0.6 is 11.6 Å². The van der Waals surface area contributed by atoms with Gasteiger partial charge in [-0.25, -0.2) is 0 Å². The summed E-state index contributed by atoms with van der Waals surface area (Å²) in [6.07, 6.45) is 1.65. The Morgan fingerprint density at radius 1 is 1.45 bits per heavy atom. The van der Waals surface area contributed by atoms with Gasteiger partial charge in [0.05, 0.1) is 16.8 Å². The van der Waals surface area contributed by atoms with Crippen molar-refractivity contribution in [3.05, 3.63) is 28.8 Å². The van der Waals surface area contributed by atoms with E-state index in [1.165, 1.54) is 0 Å². The Hall–Kier alpha value is -1.46. The average molecular weight is 298 g/mol. The Morgan fingerprint density at radius 3 is 2.60 bits per heavy atom. The first-order valence-electron chi connectivity index (χ1n) is 6.73. The smallest absolute Gasteiger partial charge is 0.170 e. The monoisotopic (exact) mass is 297 g/mol. The third kappa shape index (κ3) is 3.16. The van der Waals surface area contributed by atoms with E-state index < -0.39 is 0 Å². The normalized spacial score (nSPS) is 19.1. The molecule has 1 aromatic carbocycles. The van der Waals surface area contributed by atoms with Gasteiger partial charge in [-0.05, 0) is 43.9 Å². The second-order valence-corrected chi connectivity index (χ2v) is 5.62. The standard InChI is InChI=1S/C14H20ClN3O2/c1-9(19)10-4-6-18(7-5-10)13-3-2-11(8-12(13)15)14(16)17-20/h2-3,8-10,19-20H,4-7H2,1H3,(H2,16,17). The average Bonchev–Trinajstić information content (AvgIpc) is 2.46. The van der Waals surface area contributed by atoms with Gasteiger partial charge in [0.1, 0.15) is 0 Å². The van der Waals surface area contributed by atoms with E-state index in [0.717, 1.165) is 31.6 Å². The van der Waals surface area contributed by atoms with E-state index in [4.69, 9.17) is 22.5 Å². The number of nitrogens with zero attached hydrogens (tertiary/aromatic N) is 2. The van der Waals surface area contributed by atoms with Gasteiger partial charge in [0.25, 0.3) is 0 Å². The second kappa shape index (κ2) is 6.33. The number of piperidine rings is 1.